The van der Waals surface area contributed by atoms with E-state index in [4.69, 9.17) is 0 Å². The SMILES string of the molecule is CCC.CCCCCN1CCCCC1. The first-order valence-corrected chi connectivity index (χ1v) is 6.57. The predicted molar refractivity (Wildman–Crippen MR) is 65.8 cm³/mol. The second-order valence-corrected chi connectivity index (χ2v) is 4.32. The van der Waals surface area contributed by atoms with E-state index in [2.05, 4.69) is 25.7 Å². The molecular weight excluding hydrogens is 170 g/mol. The Morgan fingerprint density at radius 1 is 0.857 bits per heavy atom. The summed E-state index contributed by atoms with van der Waals surface area (Å²) in [7, 11) is 0. The van der Waals surface area contributed by atoms with Crippen LogP contribution in [0.2, 0.25) is 0 Å². The zero-order valence-electron chi connectivity index (χ0n) is 10.5. The Labute approximate surface area is 90.9 Å². The summed E-state index contributed by atoms with van der Waals surface area (Å²) < 4.78 is 0. The lowest BCUT2D eigenvalue weighted by atomic mass is 10.1. The second kappa shape index (κ2) is 11.0. The van der Waals surface area contributed by atoms with Crippen LogP contribution in [0.25, 0.3) is 0 Å². The number of hydrogen-bond acceptors (Lipinski definition) is 1. The summed E-state index contributed by atoms with van der Waals surface area (Å²) in [6.07, 6.45) is 9.77. The van der Waals surface area contributed by atoms with E-state index in [1.54, 1.807) is 0 Å². The van der Waals surface area contributed by atoms with Gasteiger partial charge in [0.15, 0.2) is 0 Å². The van der Waals surface area contributed by atoms with Crippen molar-refractivity contribution < 1.29 is 0 Å². The van der Waals surface area contributed by atoms with Crippen LogP contribution in [0.5, 0.6) is 0 Å². The third-order valence-corrected chi connectivity index (χ3v) is 2.53. The molecule has 0 aliphatic carbocycles. The van der Waals surface area contributed by atoms with Crippen molar-refractivity contribution in [3.05, 3.63) is 0 Å². The van der Waals surface area contributed by atoms with E-state index in [0.717, 1.165) is 0 Å². The maximum atomic E-state index is 2.62. The lowest BCUT2D eigenvalue weighted by Crippen LogP contribution is -2.30. The molecule has 1 nitrogen and oxygen atoms in total. The second-order valence-electron chi connectivity index (χ2n) is 4.32. The fourth-order valence-corrected chi connectivity index (χ4v) is 1.77. The van der Waals surface area contributed by atoms with Crippen molar-refractivity contribution in [3.8, 4) is 0 Å². The number of rotatable bonds is 4. The van der Waals surface area contributed by atoms with Gasteiger partial charge < -0.3 is 4.90 Å². The normalized spacial score (nSPS) is 17.4. The molecule has 0 saturated carbocycles. The van der Waals surface area contributed by atoms with Crippen LogP contribution in [0, 0.1) is 0 Å². The maximum Gasteiger partial charge on any atom is -0.00187 e. The van der Waals surface area contributed by atoms with Crippen LogP contribution < -0.4 is 0 Å². The molecule has 1 aliphatic heterocycles. The highest BCUT2D eigenvalue weighted by atomic mass is 15.1. The Morgan fingerprint density at radius 2 is 1.43 bits per heavy atom. The molecule has 1 heteroatoms. The average molecular weight is 199 g/mol. The molecule has 0 amide bonds. The summed E-state index contributed by atoms with van der Waals surface area (Å²) in [4.78, 5) is 2.62. The topological polar surface area (TPSA) is 3.24 Å². The molecule has 0 aromatic heterocycles. The highest BCUT2D eigenvalue weighted by molar-refractivity contribution is 4.63. The highest BCUT2D eigenvalue weighted by Gasteiger charge is 2.08. The van der Waals surface area contributed by atoms with Gasteiger partial charge in [-0.2, -0.15) is 0 Å². The Bertz CT molecular complexity index is 95.4. The fraction of sp³-hybridized carbons (Fsp3) is 1.00. The van der Waals surface area contributed by atoms with Gasteiger partial charge in [0.05, 0.1) is 0 Å². The molecule has 1 heterocycles. The molecule has 0 radical (unpaired) electrons. The molecule has 0 atom stereocenters. The van der Waals surface area contributed by atoms with Crippen LogP contribution in [0.1, 0.15) is 65.7 Å². The van der Waals surface area contributed by atoms with Gasteiger partial charge in [0.25, 0.3) is 0 Å². The Kier molecular flexibility index (Phi) is 11.0. The highest BCUT2D eigenvalue weighted by Crippen LogP contribution is 2.09. The zero-order valence-corrected chi connectivity index (χ0v) is 10.5. The summed E-state index contributed by atoms with van der Waals surface area (Å²) in [5.74, 6) is 0. The van der Waals surface area contributed by atoms with Crippen molar-refractivity contribution in [3.63, 3.8) is 0 Å². The fourth-order valence-electron chi connectivity index (χ4n) is 1.77. The van der Waals surface area contributed by atoms with Crippen LogP contribution in [-0.4, -0.2) is 24.5 Å². The lowest BCUT2D eigenvalue weighted by molar-refractivity contribution is 0.224. The largest absolute Gasteiger partial charge is 0.303 e. The number of unbranched alkanes of at least 4 members (excludes halogenated alkanes) is 2. The van der Waals surface area contributed by atoms with Crippen LogP contribution >= 0.6 is 0 Å². The quantitative estimate of drug-likeness (QED) is 0.617. The molecule has 14 heavy (non-hydrogen) atoms. The minimum Gasteiger partial charge on any atom is -0.303 e. The molecule has 0 N–H and O–H groups in total. The molecule has 1 fully saturated rings. The number of nitrogens with zero attached hydrogens (tertiary/aromatic N) is 1. The molecule has 0 unspecified atom stereocenters. The summed E-state index contributed by atoms with van der Waals surface area (Å²) in [6.45, 7) is 10.6. The third kappa shape index (κ3) is 8.55. The molecule has 0 aromatic rings. The van der Waals surface area contributed by atoms with Gasteiger partial charge in [-0.1, -0.05) is 46.5 Å². The van der Waals surface area contributed by atoms with Gasteiger partial charge >= 0.3 is 0 Å². The van der Waals surface area contributed by atoms with Gasteiger partial charge in [-0.05, 0) is 38.9 Å². The van der Waals surface area contributed by atoms with Crippen LogP contribution in [0.15, 0.2) is 0 Å². The van der Waals surface area contributed by atoms with E-state index in [1.165, 1.54) is 64.6 Å². The first kappa shape index (κ1) is 14.0. The summed E-state index contributed by atoms with van der Waals surface area (Å²) in [6, 6.07) is 0. The van der Waals surface area contributed by atoms with E-state index in [0.29, 0.717) is 0 Å². The van der Waals surface area contributed by atoms with Crippen molar-refractivity contribution in [2.24, 2.45) is 0 Å². The molecule has 1 rings (SSSR count). The summed E-state index contributed by atoms with van der Waals surface area (Å²) in [5.41, 5.74) is 0. The Hall–Kier alpha value is -0.0400. The smallest absolute Gasteiger partial charge is 0.00187 e. The van der Waals surface area contributed by atoms with Gasteiger partial charge in [-0.15, -0.1) is 0 Å². The van der Waals surface area contributed by atoms with Gasteiger partial charge in [-0.3, -0.25) is 0 Å². The number of likely N-dealkylation sites (tertiary alicyclic amines) is 1. The average Bonchev–Trinajstić information content (AvgIpc) is 2.21. The number of piperidine rings is 1. The van der Waals surface area contributed by atoms with Crippen molar-refractivity contribution in [1.29, 1.82) is 0 Å². The molecule has 0 aromatic carbocycles. The van der Waals surface area contributed by atoms with Crippen molar-refractivity contribution in [1.82, 2.24) is 4.90 Å². The molecule has 1 aliphatic rings. The molecule has 0 bridgehead atoms. The minimum atomic E-state index is 1.25. The van der Waals surface area contributed by atoms with E-state index in [-0.39, 0.29) is 0 Å². The third-order valence-electron chi connectivity index (χ3n) is 2.53. The van der Waals surface area contributed by atoms with E-state index in [9.17, 15) is 0 Å². The number of hydrogen-bond donors (Lipinski definition) is 0. The molecular formula is C13H29N. The Morgan fingerprint density at radius 3 is 1.93 bits per heavy atom. The van der Waals surface area contributed by atoms with Crippen molar-refractivity contribution >= 4 is 0 Å². The summed E-state index contributed by atoms with van der Waals surface area (Å²) >= 11 is 0. The maximum absolute atomic E-state index is 2.62. The Balaban J connectivity index is 0.000000500. The minimum absolute atomic E-state index is 1.25. The van der Waals surface area contributed by atoms with Crippen LogP contribution in [-0.2, 0) is 0 Å². The van der Waals surface area contributed by atoms with Gasteiger partial charge in [0.1, 0.15) is 0 Å². The lowest BCUT2D eigenvalue weighted by Gasteiger charge is -2.26. The molecule has 1 saturated heterocycles. The zero-order chi connectivity index (χ0) is 10.6. The van der Waals surface area contributed by atoms with Gasteiger partial charge in [0, 0.05) is 0 Å². The predicted octanol–water partition coefficient (Wildman–Crippen LogP) is 4.08. The van der Waals surface area contributed by atoms with Crippen molar-refractivity contribution in [2.45, 2.75) is 65.7 Å². The van der Waals surface area contributed by atoms with Crippen molar-refractivity contribution in [2.75, 3.05) is 19.6 Å². The summed E-state index contributed by atoms with van der Waals surface area (Å²) in [5, 5.41) is 0. The van der Waals surface area contributed by atoms with Gasteiger partial charge in [0.2, 0.25) is 0 Å². The van der Waals surface area contributed by atoms with Gasteiger partial charge in [-0.25, -0.2) is 0 Å². The molecule has 0 spiro atoms. The van der Waals surface area contributed by atoms with E-state index in [1.807, 2.05) is 0 Å². The van der Waals surface area contributed by atoms with Crippen LogP contribution in [0.4, 0.5) is 0 Å². The monoisotopic (exact) mass is 199 g/mol. The first-order valence-electron chi connectivity index (χ1n) is 6.57. The van der Waals surface area contributed by atoms with Crippen LogP contribution in [0.3, 0.4) is 0 Å². The van der Waals surface area contributed by atoms with E-state index >= 15 is 0 Å². The standard InChI is InChI=1S/C10H21N.C3H8/c1-2-3-5-8-11-9-6-4-7-10-11;1-3-2/h2-10H2,1H3;3H2,1-2H3. The first-order chi connectivity index (χ1) is 6.85. The van der Waals surface area contributed by atoms with E-state index < -0.39 is 0 Å². The molecule has 86 valence electrons.